The molecule has 0 radical (unpaired) electrons. The van der Waals surface area contributed by atoms with Gasteiger partial charge in [0.15, 0.2) is 0 Å². The SMILES string of the molecule is O=C(CCn1c(=O)[nH]c(=O)c2ccccc21)Nc1ccc2ncccc2c1. The van der Waals surface area contributed by atoms with Gasteiger partial charge >= 0.3 is 5.69 Å². The number of aryl methyl sites for hydroxylation is 1. The molecule has 1 amide bonds. The lowest BCUT2D eigenvalue weighted by molar-refractivity contribution is -0.116. The second kappa shape index (κ2) is 6.87. The molecule has 2 aromatic heterocycles. The fourth-order valence-corrected chi connectivity index (χ4v) is 3.05. The highest BCUT2D eigenvalue weighted by Crippen LogP contribution is 2.17. The van der Waals surface area contributed by atoms with E-state index in [9.17, 15) is 14.4 Å². The summed E-state index contributed by atoms with van der Waals surface area (Å²) < 4.78 is 1.40. The number of fused-ring (bicyclic) bond motifs is 2. The number of para-hydroxylation sites is 1. The fraction of sp³-hybridized carbons (Fsp3) is 0.100. The molecule has 7 nitrogen and oxygen atoms in total. The molecule has 0 saturated heterocycles. The quantitative estimate of drug-likeness (QED) is 0.583. The average Bonchev–Trinajstić information content (AvgIpc) is 2.68. The summed E-state index contributed by atoms with van der Waals surface area (Å²) in [6, 6.07) is 16.1. The van der Waals surface area contributed by atoms with Crippen LogP contribution < -0.4 is 16.6 Å². The van der Waals surface area contributed by atoms with E-state index in [2.05, 4.69) is 15.3 Å². The van der Waals surface area contributed by atoms with E-state index in [-0.39, 0.29) is 18.9 Å². The summed E-state index contributed by atoms with van der Waals surface area (Å²) in [5.41, 5.74) is 1.07. The Kier molecular flexibility index (Phi) is 4.25. The summed E-state index contributed by atoms with van der Waals surface area (Å²) in [4.78, 5) is 42.9. The minimum absolute atomic E-state index is 0.0982. The molecule has 134 valence electrons. The Bertz CT molecular complexity index is 1270. The molecule has 0 aliphatic carbocycles. The third kappa shape index (κ3) is 3.35. The van der Waals surface area contributed by atoms with Crippen LogP contribution in [0.4, 0.5) is 5.69 Å². The van der Waals surface area contributed by atoms with Gasteiger partial charge in [0.25, 0.3) is 5.56 Å². The lowest BCUT2D eigenvalue weighted by Crippen LogP contribution is -2.31. The normalized spacial score (nSPS) is 11.0. The Morgan fingerprint density at radius 3 is 2.81 bits per heavy atom. The molecule has 0 aliphatic heterocycles. The number of nitrogens with one attached hydrogen (secondary N) is 2. The first-order valence-electron chi connectivity index (χ1n) is 8.48. The van der Waals surface area contributed by atoms with Crippen molar-refractivity contribution in [2.24, 2.45) is 0 Å². The number of rotatable bonds is 4. The van der Waals surface area contributed by atoms with Crippen LogP contribution in [0.15, 0.2) is 70.4 Å². The van der Waals surface area contributed by atoms with Crippen molar-refractivity contribution in [2.75, 3.05) is 5.32 Å². The Labute approximate surface area is 153 Å². The second-order valence-corrected chi connectivity index (χ2v) is 6.14. The van der Waals surface area contributed by atoms with Crippen molar-refractivity contribution in [2.45, 2.75) is 13.0 Å². The number of carbonyl (C=O) groups excluding carboxylic acids is 1. The predicted molar refractivity (Wildman–Crippen MR) is 104 cm³/mol. The molecule has 4 rings (SSSR count). The van der Waals surface area contributed by atoms with Gasteiger partial charge in [-0.1, -0.05) is 18.2 Å². The highest BCUT2D eigenvalue weighted by atomic mass is 16.2. The number of pyridine rings is 1. The van der Waals surface area contributed by atoms with Crippen molar-refractivity contribution in [1.82, 2.24) is 14.5 Å². The predicted octanol–water partition coefficient (Wildman–Crippen LogP) is 2.27. The Morgan fingerprint density at radius 2 is 1.93 bits per heavy atom. The molecule has 0 fully saturated rings. The van der Waals surface area contributed by atoms with Crippen LogP contribution >= 0.6 is 0 Å². The zero-order chi connectivity index (χ0) is 18.8. The molecule has 0 spiro atoms. The maximum Gasteiger partial charge on any atom is 0.328 e. The van der Waals surface area contributed by atoms with Crippen molar-refractivity contribution in [3.05, 3.63) is 81.6 Å². The van der Waals surface area contributed by atoms with E-state index in [1.807, 2.05) is 24.3 Å². The van der Waals surface area contributed by atoms with Crippen LogP contribution in [0.5, 0.6) is 0 Å². The highest BCUT2D eigenvalue weighted by molar-refractivity contribution is 5.93. The molecule has 0 saturated carbocycles. The smallest absolute Gasteiger partial charge is 0.326 e. The molecular weight excluding hydrogens is 344 g/mol. The van der Waals surface area contributed by atoms with Crippen molar-refractivity contribution in [3.63, 3.8) is 0 Å². The third-order valence-electron chi connectivity index (χ3n) is 4.35. The van der Waals surface area contributed by atoms with Crippen LogP contribution in [0.1, 0.15) is 6.42 Å². The van der Waals surface area contributed by atoms with E-state index in [0.29, 0.717) is 16.6 Å². The number of aromatic nitrogens is 3. The van der Waals surface area contributed by atoms with Crippen LogP contribution in [-0.4, -0.2) is 20.4 Å². The first-order valence-corrected chi connectivity index (χ1v) is 8.48. The van der Waals surface area contributed by atoms with Gasteiger partial charge in [-0.05, 0) is 36.4 Å². The Hall–Kier alpha value is -3.74. The van der Waals surface area contributed by atoms with Gasteiger partial charge in [-0.15, -0.1) is 0 Å². The van der Waals surface area contributed by atoms with Crippen molar-refractivity contribution < 1.29 is 4.79 Å². The Morgan fingerprint density at radius 1 is 1.07 bits per heavy atom. The average molecular weight is 360 g/mol. The number of anilines is 1. The first kappa shape index (κ1) is 16.7. The molecule has 27 heavy (non-hydrogen) atoms. The lowest BCUT2D eigenvalue weighted by atomic mass is 10.2. The monoisotopic (exact) mass is 360 g/mol. The largest absolute Gasteiger partial charge is 0.328 e. The number of benzene rings is 2. The van der Waals surface area contributed by atoms with Crippen molar-refractivity contribution in [3.8, 4) is 0 Å². The molecule has 0 aliphatic rings. The first-order chi connectivity index (χ1) is 13.1. The van der Waals surface area contributed by atoms with Crippen molar-refractivity contribution >= 4 is 33.4 Å². The maximum absolute atomic E-state index is 12.3. The topological polar surface area (TPSA) is 96.9 Å². The number of nitrogens with zero attached hydrogens (tertiary/aromatic N) is 2. The second-order valence-electron chi connectivity index (χ2n) is 6.14. The Balaban J connectivity index is 1.53. The van der Waals surface area contributed by atoms with E-state index in [4.69, 9.17) is 0 Å². The standard InChI is InChI=1S/C20H16N4O3/c25-18(22-14-7-8-16-13(12-14)4-3-10-21-16)9-11-24-17-6-2-1-5-15(17)19(26)23-20(24)27/h1-8,10,12H,9,11H2,(H,22,25)(H,23,26,27). The molecule has 0 unspecified atom stereocenters. The molecule has 2 aromatic carbocycles. The van der Waals surface area contributed by atoms with E-state index >= 15 is 0 Å². The summed E-state index contributed by atoms with van der Waals surface area (Å²) in [5, 5.41) is 4.17. The molecule has 2 N–H and O–H groups in total. The van der Waals surface area contributed by atoms with Gasteiger partial charge in [0.2, 0.25) is 5.91 Å². The van der Waals surface area contributed by atoms with Gasteiger partial charge in [0.05, 0.1) is 16.4 Å². The van der Waals surface area contributed by atoms with Crippen LogP contribution in [0, 0.1) is 0 Å². The fourth-order valence-electron chi connectivity index (χ4n) is 3.05. The highest BCUT2D eigenvalue weighted by Gasteiger charge is 2.09. The lowest BCUT2D eigenvalue weighted by Gasteiger charge is -2.10. The van der Waals surface area contributed by atoms with Crippen LogP contribution in [0.3, 0.4) is 0 Å². The third-order valence-corrected chi connectivity index (χ3v) is 4.35. The molecule has 0 atom stereocenters. The zero-order valence-electron chi connectivity index (χ0n) is 14.3. The molecule has 7 heteroatoms. The minimum Gasteiger partial charge on any atom is -0.326 e. The van der Waals surface area contributed by atoms with Gasteiger partial charge in [0, 0.05) is 30.2 Å². The van der Waals surface area contributed by atoms with Crippen LogP contribution in [-0.2, 0) is 11.3 Å². The number of carbonyl (C=O) groups is 1. The van der Waals surface area contributed by atoms with E-state index in [1.54, 1.807) is 36.5 Å². The number of hydrogen-bond donors (Lipinski definition) is 2. The van der Waals surface area contributed by atoms with Crippen molar-refractivity contribution in [1.29, 1.82) is 0 Å². The van der Waals surface area contributed by atoms with E-state index in [0.717, 1.165) is 10.9 Å². The van der Waals surface area contributed by atoms with Gasteiger partial charge in [-0.3, -0.25) is 24.1 Å². The summed E-state index contributed by atoms with van der Waals surface area (Å²) in [6.45, 7) is 0.164. The zero-order valence-corrected chi connectivity index (χ0v) is 14.3. The van der Waals surface area contributed by atoms with Gasteiger partial charge in [-0.25, -0.2) is 4.79 Å². The molecule has 4 aromatic rings. The summed E-state index contributed by atoms with van der Waals surface area (Å²) in [6.07, 6.45) is 1.81. The van der Waals surface area contributed by atoms with E-state index < -0.39 is 11.2 Å². The van der Waals surface area contributed by atoms with Gasteiger partial charge in [0.1, 0.15) is 0 Å². The number of aromatic amines is 1. The molecule has 0 bridgehead atoms. The molecular formula is C20H16N4O3. The summed E-state index contributed by atoms with van der Waals surface area (Å²) >= 11 is 0. The van der Waals surface area contributed by atoms with E-state index in [1.165, 1.54) is 4.57 Å². The summed E-state index contributed by atoms with van der Waals surface area (Å²) in [5.74, 6) is -0.222. The number of H-pyrrole nitrogens is 1. The summed E-state index contributed by atoms with van der Waals surface area (Å²) in [7, 11) is 0. The minimum atomic E-state index is -0.525. The number of amides is 1. The number of hydrogen-bond acceptors (Lipinski definition) is 4. The van der Waals surface area contributed by atoms with Gasteiger partial charge < -0.3 is 5.32 Å². The maximum atomic E-state index is 12.3. The molecule has 2 heterocycles. The van der Waals surface area contributed by atoms with Gasteiger partial charge in [-0.2, -0.15) is 0 Å². The van der Waals surface area contributed by atoms with Crippen LogP contribution in [0.2, 0.25) is 0 Å². The van der Waals surface area contributed by atoms with Crippen LogP contribution in [0.25, 0.3) is 21.8 Å².